The lowest BCUT2D eigenvalue weighted by Gasteiger charge is -2.13. The molecule has 1 aliphatic rings. The SMILES string of the molecule is Cc1nc(Nc2cccc(NC(=O)C3CC3)c2)cc(Nc2cccc(C(F)(F)F)c2)n1. The second-order valence-electron chi connectivity index (χ2n) is 7.36. The number of halogens is 3. The van der Waals surface area contributed by atoms with Crippen LogP contribution in [0.1, 0.15) is 24.2 Å². The van der Waals surface area contributed by atoms with Gasteiger partial charge in [0.1, 0.15) is 17.5 Å². The summed E-state index contributed by atoms with van der Waals surface area (Å²) < 4.78 is 38.8. The first-order valence-electron chi connectivity index (χ1n) is 9.74. The summed E-state index contributed by atoms with van der Waals surface area (Å²) in [5, 5.41) is 8.92. The Balaban J connectivity index is 1.50. The number of hydrogen-bond acceptors (Lipinski definition) is 5. The van der Waals surface area contributed by atoms with Gasteiger partial charge in [-0.15, -0.1) is 0 Å². The Kier molecular flexibility index (Phi) is 5.50. The van der Waals surface area contributed by atoms with Crippen LogP contribution in [-0.2, 0) is 11.0 Å². The molecule has 2 aromatic carbocycles. The van der Waals surface area contributed by atoms with Crippen LogP contribution in [0, 0.1) is 12.8 Å². The monoisotopic (exact) mass is 427 g/mol. The van der Waals surface area contributed by atoms with E-state index in [1.807, 2.05) is 6.07 Å². The maximum absolute atomic E-state index is 12.9. The predicted octanol–water partition coefficient (Wildman–Crippen LogP) is 5.64. The smallest absolute Gasteiger partial charge is 0.340 e. The van der Waals surface area contributed by atoms with E-state index < -0.39 is 11.7 Å². The van der Waals surface area contributed by atoms with Gasteiger partial charge in [-0.25, -0.2) is 9.97 Å². The Morgan fingerprint density at radius 1 is 0.903 bits per heavy atom. The van der Waals surface area contributed by atoms with Gasteiger partial charge in [0.25, 0.3) is 0 Å². The van der Waals surface area contributed by atoms with Crippen LogP contribution in [0.3, 0.4) is 0 Å². The van der Waals surface area contributed by atoms with Crippen LogP contribution in [0.5, 0.6) is 0 Å². The molecule has 3 N–H and O–H groups in total. The zero-order valence-electron chi connectivity index (χ0n) is 16.6. The average Bonchev–Trinajstić information content (AvgIpc) is 3.53. The van der Waals surface area contributed by atoms with Crippen molar-refractivity contribution in [2.45, 2.75) is 25.9 Å². The predicted molar refractivity (Wildman–Crippen MR) is 113 cm³/mol. The third-order valence-electron chi connectivity index (χ3n) is 4.65. The highest BCUT2D eigenvalue weighted by molar-refractivity contribution is 5.94. The van der Waals surface area contributed by atoms with Crippen LogP contribution in [-0.4, -0.2) is 15.9 Å². The number of aromatic nitrogens is 2. The maximum Gasteiger partial charge on any atom is 0.416 e. The molecule has 0 saturated heterocycles. The number of rotatable bonds is 6. The first kappa shape index (κ1) is 20.6. The quantitative estimate of drug-likeness (QED) is 0.475. The van der Waals surface area contributed by atoms with E-state index in [1.54, 1.807) is 31.2 Å². The Hall–Kier alpha value is -3.62. The molecule has 1 amide bonds. The second kappa shape index (κ2) is 8.25. The van der Waals surface area contributed by atoms with E-state index in [0.29, 0.717) is 28.8 Å². The fourth-order valence-corrected chi connectivity index (χ4v) is 3.03. The highest BCUT2D eigenvalue weighted by atomic mass is 19.4. The lowest BCUT2D eigenvalue weighted by molar-refractivity contribution is -0.137. The Morgan fingerprint density at radius 3 is 2.10 bits per heavy atom. The van der Waals surface area contributed by atoms with Crippen LogP contribution in [0.15, 0.2) is 54.6 Å². The van der Waals surface area contributed by atoms with Gasteiger partial charge in [0, 0.05) is 29.0 Å². The van der Waals surface area contributed by atoms with E-state index in [1.165, 1.54) is 12.1 Å². The third-order valence-corrected chi connectivity index (χ3v) is 4.65. The number of benzene rings is 2. The summed E-state index contributed by atoms with van der Waals surface area (Å²) >= 11 is 0. The van der Waals surface area contributed by atoms with Gasteiger partial charge >= 0.3 is 6.18 Å². The van der Waals surface area contributed by atoms with Gasteiger partial charge in [-0.05, 0) is 56.2 Å². The topological polar surface area (TPSA) is 78.9 Å². The first-order valence-corrected chi connectivity index (χ1v) is 9.74. The maximum atomic E-state index is 12.9. The van der Waals surface area contributed by atoms with Gasteiger partial charge in [-0.3, -0.25) is 4.79 Å². The average molecular weight is 427 g/mol. The number of alkyl halides is 3. The van der Waals surface area contributed by atoms with Gasteiger partial charge in [0.2, 0.25) is 5.91 Å². The minimum absolute atomic E-state index is 0.0163. The molecule has 6 nitrogen and oxygen atoms in total. The minimum atomic E-state index is -4.42. The fourth-order valence-electron chi connectivity index (χ4n) is 3.03. The van der Waals surface area contributed by atoms with Crippen molar-refractivity contribution in [1.29, 1.82) is 0 Å². The van der Waals surface area contributed by atoms with E-state index >= 15 is 0 Å². The molecule has 0 atom stereocenters. The molecular formula is C22H20F3N5O. The summed E-state index contributed by atoms with van der Waals surface area (Å²) in [6.45, 7) is 1.69. The molecule has 0 bridgehead atoms. The van der Waals surface area contributed by atoms with Gasteiger partial charge in [-0.1, -0.05) is 12.1 Å². The van der Waals surface area contributed by atoms with E-state index in [9.17, 15) is 18.0 Å². The van der Waals surface area contributed by atoms with Gasteiger partial charge in [-0.2, -0.15) is 13.2 Å². The van der Waals surface area contributed by atoms with Crippen LogP contribution in [0.4, 0.5) is 41.9 Å². The van der Waals surface area contributed by atoms with Crippen LogP contribution >= 0.6 is 0 Å². The normalized spacial score (nSPS) is 13.5. The molecule has 0 aliphatic heterocycles. The number of aryl methyl sites for hydroxylation is 1. The van der Waals surface area contributed by atoms with Crippen molar-refractivity contribution in [2.75, 3.05) is 16.0 Å². The van der Waals surface area contributed by atoms with E-state index in [2.05, 4.69) is 25.9 Å². The molecule has 1 saturated carbocycles. The summed E-state index contributed by atoms with van der Waals surface area (Å²) in [5.74, 6) is 1.38. The number of hydrogen-bond donors (Lipinski definition) is 3. The largest absolute Gasteiger partial charge is 0.416 e. The molecule has 4 rings (SSSR count). The van der Waals surface area contributed by atoms with E-state index in [-0.39, 0.29) is 17.5 Å². The van der Waals surface area contributed by atoms with E-state index in [4.69, 9.17) is 0 Å². The van der Waals surface area contributed by atoms with E-state index in [0.717, 1.165) is 25.0 Å². The van der Waals surface area contributed by atoms with Crippen molar-refractivity contribution >= 4 is 34.6 Å². The van der Waals surface area contributed by atoms with Gasteiger partial charge in [0.15, 0.2) is 0 Å². The summed E-state index contributed by atoms with van der Waals surface area (Å²) in [4.78, 5) is 20.5. The zero-order chi connectivity index (χ0) is 22.0. The number of carbonyl (C=O) groups is 1. The van der Waals surface area contributed by atoms with Crippen molar-refractivity contribution in [2.24, 2.45) is 5.92 Å². The first-order chi connectivity index (χ1) is 14.8. The standard InChI is InChI=1S/C22H20F3N5O/c1-13-26-19(28-16-5-2-4-15(10-16)22(23,24)25)12-20(27-13)29-17-6-3-7-18(11-17)30-21(31)14-8-9-14/h2-7,10-12,14H,8-9H2,1H3,(H,30,31)(H2,26,27,28,29). The third kappa shape index (κ3) is 5.50. The van der Waals surface area contributed by atoms with Crippen molar-refractivity contribution in [1.82, 2.24) is 9.97 Å². The van der Waals surface area contributed by atoms with Gasteiger partial charge < -0.3 is 16.0 Å². The van der Waals surface area contributed by atoms with Crippen LogP contribution in [0.2, 0.25) is 0 Å². The summed E-state index contributed by atoms with van der Waals surface area (Å²) in [7, 11) is 0. The molecule has 0 radical (unpaired) electrons. The van der Waals surface area contributed by atoms with Crippen molar-refractivity contribution in [3.63, 3.8) is 0 Å². The molecule has 3 aromatic rings. The molecule has 1 aromatic heterocycles. The molecule has 1 heterocycles. The number of nitrogens with one attached hydrogen (secondary N) is 3. The molecule has 0 spiro atoms. The number of nitrogens with zero attached hydrogens (tertiary/aromatic N) is 2. The van der Waals surface area contributed by atoms with Crippen molar-refractivity contribution < 1.29 is 18.0 Å². The summed E-state index contributed by atoms with van der Waals surface area (Å²) in [6, 6.07) is 13.7. The van der Waals surface area contributed by atoms with Crippen molar-refractivity contribution in [3.05, 3.63) is 66.0 Å². The molecule has 160 valence electrons. The number of carbonyl (C=O) groups excluding carboxylic acids is 1. The molecule has 31 heavy (non-hydrogen) atoms. The van der Waals surface area contributed by atoms with Crippen molar-refractivity contribution in [3.8, 4) is 0 Å². The molecule has 9 heteroatoms. The lowest BCUT2D eigenvalue weighted by Crippen LogP contribution is -2.13. The summed E-state index contributed by atoms with van der Waals surface area (Å²) in [6.07, 6.45) is -2.58. The highest BCUT2D eigenvalue weighted by Gasteiger charge is 2.30. The zero-order valence-corrected chi connectivity index (χ0v) is 16.6. The Morgan fingerprint density at radius 2 is 1.48 bits per heavy atom. The van der Waals surface area contributed by atoms with Gasteiger partial charge in [0.05, 0.1) is 5.56 Å². The number of amides is 1. The van der Waals surface area contributed by atoms with Crippen LogP contribution in [0.25, 0.3) is 0 Å². The van der Waals surface area contributed by atoms with Crippen LogP contribution < -0.4 is 16.0 Å². The minimum Gasteiger partial charge on any atom is -0.340 e. The fraction of sp³-hybridized carbons (Fsp3) is 0.227. The highest BCUT2D eigenvalue weighted by Crippen LogP contribution is 2.32. The molecular weight excluding hydrogens is 407 g/mol. The Bertz CT molecular complexity index is 1110. The molecule has 0 unspecified atom stereocenters. The Labute approximate surface area is 176 Å². The second-order valence-corrected chi connectivity index (χ2v) is 7.36. The molecule has 1 fully saturated rings. The molecule has 1 aliphatic carbocycles. The number of anilines is 5. The summed E-state index contributed by atoms with van der Waals surface area (Å²) in [5.41, 5.74) is 0.905. The lowest BCUT2D eigenvalue weighted by atomic mass is 10.2.